The molecule has 0 saturated heterocycles. The molecule has 21 heavy (non-hydrogen) atoms. The Morgan fingerprint density at radius 2 is 2.00 bits per heavy atom. The molecule has 0 aliphatic rings. The Morgan fingerprint density at radius 3 is 2.71 bits per heavy atom. The number of aliphatic hydroxyl groups excluding tert-OH is 1. The number of hydrogen-bond acceptors (Lipinski definition) is 3. The highest BCUT2D eigenvalue weighted by atomic mass is 35.5. The summed E-state index contributed by atoms with van der Waals surface area (Å²) in [7, 11) is 1.55. The summed E-state index contributed by atoms with van der Waals surface area (Å²) in [6, 6.07) is 13.1. The lowest BCUT2D eigenvalue weighted by molar-refractivity contribution is 0.140. The number of benzene rings is 2. The van der Waals surface area contributed by atoms with Crippen molar-refractivity contribution in [1.29, 1.82) is 0 Å². The second-order valence-electron chi connectivity index (χ2n) is 4.86. The molecular weight excluding hydrogens is 288 g/mol. The van der Waals surface area contributed by atoms with E-state index < -0.39 is 6.10 Å². The van der Waals surface area contributed by atoms with Gasteiger partial charge in [-0.15, -0.1) is 0 Å². The van der Waals surface area contributed by atoms with Crippen LogP contribution in [0.3, 0.4) is 0 Å². The van der Waals surface area contributed by atoms with E-state index in [1.807, 2.05) is 31.2 Å². The lowest BCUT2D eigenvalue weighted by atomic mass is 10.1. The first-order valence-corrected chi connectivity index (χ1v) is 7.19. The van der Waals surface area contributed by atoms with Gasteiger partial charge in [-0.2, -0.15) is 0 Å². The first kappa shape index (κ1) is 15.7. The number of halogens is 1. The van der Waals surface area contributed by atoms with Crippen molar-refractivity contribution in [3.8, 4) is 11.5 Å². The van der Waals surface area contributed by atoms with Gasteiger partial charge in [0.15, 0.2) is 0 Å². The standard InChI is InChI=1S/C17H19ClO3/c1-12-4-3-5-14(10-12)21-9-8-16(19)13-6-7-15(18)17(11-13)20-2/h3-7,10-11,16,19H,8-9H2,1-2H3. The van der Waals surface area contributed by atoms with Gasteiger partial charge in [0.25, 0.3) is 0 Å². The van der Waals surface area contributed by atoms with Crippen molar-refractivity contribution in [3.05, 3.63) is 58.6 Å². The van der Waals surface area contributed by atoms with Crippen LogP contribution in [0, 0.1) is 6.92 Å². The summed E-state index contributed by atoms with van der Waals surface area (Å²) in [6.45, 7) is 2.46. The average Bonchev–Trinajstić information content (AvgIpc) is 2.47. The van der Waals surface area contributed by atoms with Gasteiger partial charge in [-0.1, -0.05) is 29.8 Å². The molecule has 2 aromatic carbocycles. The van der Waals surface area contributed by atoms with Crippen molar-refractivity contribution >= 4 is 11.6 Å². The summed E-state index contributed by atoms with van der Waals surface area (Å²) in [4.78, 5) is 0. The number of ether oxygens (including phenoxy) is 2. The molecule has 0 radical (unpaired) electrons. The molecule has 0 aliphatic carbocycles. The molecule has 1 unspecified atom stereocenters. The predicted octanol–water partition coefficient (Wildman–Crippen LogP) is 4.16. The molecule has 1 atom stereocenters. The lowest BCUT2D eigenvalue weighted by Crippen LogP contribution is -2.05. The fourth-order valence-electron chi connectivity index (χ4n) is 2.04. The van der Waals surface area contributed by atoms with E-state index in [9.17, 15) is 5.11 Å². The SMILES string of the molecule is COc1cc(C(O)CCOc2cccc(C)c2)ccc1Cl. The number of rotatable bonds is 6. The first-order chi connectivity index (χ1) is 10.1. The van der Waals surface area contributed by atoms with Crippen LogP contribution in [0.4, 0.5) is 0 Å². The van der Waals surface area contributed by atoms with Crippen molar-refractivity contribution < 1.29 is 14.6 Å². The highest BCUT2D eigenvalue weighted by molar-refractivity contribution is 6.32. The Hall–Kier alpha value is -1.71. The molecule has 2 aromatic rings. The van der Waals surface area contributed by atoms with Gasteiger partial charge in [-0.25, -0.2) is 0 Å². The molecule has 4 heteroatoms. The Kier molecular flexibility index (Phi) is 5.48. The molecule has 3 nitrogen and oxygen atoms in total. The molecule has 0 bridgehead atoms. The highest BCUT2D eigenvalue weighted by Gasteiger charge is 2.11. The molecule has 2 rings (SSSR count). The van der Waals surface area contributed by atoms with Gasteiger partial charge in [0.05, 0.1) is 24.8 Å². The zero-order chi connectivity index (χ0) is 15.2. The Balaban J connectivity index is 1.91. The maximum atomic E-state index is 10.2. The summed E-state index contributed by atoms with van der Waals surface area (Å²) in [6.07, 6.45) is -0.111. The van der Waals surface area contributed by atoms with Crippen LogP contribution in [0.5, 0.6) is 11.5 Å². The number of hydrogen-bond donors (Lipinski definition) is 1. The van der Waals surface area contributed by atoms with Crippen LogP contribution in [-0.4, -0.2) is 18.8 Å². The van der Waals surface area contributed by atoms with E-state index in [0.717, 1.165) is 16.9 Å². The van der Waals surface area contributed by atoms with E-state index in [4.69, 9.17) is 21.1 Å². The minimum Gasteiger partial charge on any atom is -0.495 e. The fourth-order valence-corrected chi connectivity index (χ4v) is 2.24. The van der Waals surface area contributed by atoms with Crippen molar-refractivity contribution in [1.82, 2.24) is 0 Å². The minimum absolute atomic E-state index is 0.440. The molecule has 1 N–H and O–H groups in total. The average molecular weight is 307 g/mol. The summed E-state index contributed by atoms with van der Waals surface area (Å²) < 4.78 is 10.8. The fraction of sp³-hybridized carbons (Fsp3) is 0.294. The second kappa shape index (κ2) is 7.34. The smallest absolute Gasteiger partial charge is 0.137 e. The van der Waals surface area contributed by atoms with Crippen LogP contribution in [0.15, 0.2) is 42.5 Å². The van der Waals surface area contributed by atoms with E-state index in [2.05, 4.69) is 0 Å². The Morgan fingerprint density at radius 1 is 1.19 bits per heavy atom. The van der Waals surface area contributed by atoms with Crippen LogP contribution in [0.2, 0.25) is 5.02 Å². The highest BCUT2D eigenvalue weighted by Crippen LogP contribution is 2.28. The summed E-state index contributed by atoms with van der Waals surface area (Å²) in [5.74, 6) is 1.38. The Bertz CT molecular complexity index is 598. The number of methoxy groups -OCH3 is 1. The van der Waals surface area contributed by atoms with Crippen LogP contribution in [-0.2, 0) is 0 Å². The van der Waals surface area contributed by atoms with Gasteiger partial charge in [-0.05, 0) is 42.3 Å². The van der Waals surface area contributed by atoms with E-state index in [0.29, 0.717) is 23.8 Å². The van der Waals surface area contributed by atoms with Crippen LogP contribution in [0.25, 0.3) is 0 Å². The van der Waals surface area contributed by atoms with Gasteiger partial charge < -0.3 is 14.6 Å². The predicted molar refractivity (Wildman–Crippen MR) is 84.3 cm³/mol. The zero-order valence-corrected chi connectivity index (χ0v) is 12.9. The topological polar surface area (TPSA) is 38.7 Å². The maximum absolute atomic E-state index is 10.2. The molecule has 0 spiro atoms. The summed E-state index contributed by atoms with van der Waals surface area (Å²) in [5, 5.41) is 10.7. The molecule has 0 aromatic heterocycles. The number of aryl methyl sites for hydroxylation is 1. The third kappa shape index (κ3) is 4.38. The van der Waals surface area contributed by atoms with Gasteiger partial charge >= 0.3 is 0 Å². The molecule has 112 valence electrons. The second-order valence-corrected chi connectivity index (χ2v) is 5.27. The van der Waals surface area contributed by atoms with Crippen LogP contribution >= 0.6 is 11.6 Å². The summed E-state index contributed by atoms with van der Waals surface area (Å²) in [5.41, 5.74) is 1.92. The van der Waals surface area contributed by atoms with Crippen molar-refractivity contribution in [2.45, 2.75) is 19.4 Å². The van der Waals surface area contributed by atoms with Gasteiger partial charge in [0.2, 0.25) is 0 Å². The third-order valence-corrected chi connectivity index (χ3v) is 3.52. The van der Waals surface area contributed by atoms with E-state index in [1.165, 1.54) is 0 Å². The van der Waals surface area contributed by atoms with Crippen molar-refractivity contribution in [2.75, 3.05) is 13.7 Å². The van der Waals surface area contributed by atoms with Gasteiger partial charge in [-0.3, -0.25) is 0 Å². The first-order valence-electron chi connectivity index (χ1n) is 6.81. The normalized spacial score (nSPS) is 12.0. The van der Waals surface area contributed by atoms with Crippen LogP contribution < -0.4 is 9.47 Å². The lowest BCUT2D eigenvalue weighted by Gasteiger charge is -2.14. The van der Waals surface area contributed by atoms with Crippen LogP contribution in [0.1, 0.15) is 23.7 Å². The molecule has 0 heterocycles. The van der Waals surface area contributed by atoms with Crippen molar-refractivity contribution in [3.63, 3.8) is 0 Å². The minimum atomic E-state index is -0.610. The molecule has 0 fully saturated rings. The Labute approximate surface area is 130 Å². The van der Waals surface area contributed by atoms with Gasteiger partial charge in [0.1, 0.15) is 11.5 Å². The molecule has 0 amide bonds. The molecular formula is C17H19ClO3. The van der Waals surface area contributed by atoms with E-state index in [-0.39, 0.29) is 0 Å². The zero-order valence-electron chi connectivity index (χ0n) is 12.2. The quantitative estimate of drug-likeness (QED) is 0.871. The largest absolute Gasteiger partial charge is 0.495 e. The van der Waals surface area contributed by atoms with E-state index >= 15 is 0 Å². The maximum Gasteiger partial charge on any atom is 0.137 e. The number of aliphatic hydroxyl groups is 1. The molecule has 0 aliphatic heterocycles. The third-order valence-electron chi connectivity index (χ3n) is 3.21. The van der Waals surface area contributed by atoms with Crippen molar-refractivity contribution in [2.24, 2.45) is 0 Å². The molecule has 0 saturated carbocycles. The van der Waals surface area contributed by atoms with E-state index in [1.54, 1.807) is 25.3 Å². The summed E-state index contributed by atoms with van der Waals surface area (Å²) >= 11 is 5.97. The monoisotopic (exact) mass is 306 g/mol. The van der Waals surface area contributed by atoms with Gasteiger partial charge in [0, 0.05) is 6.42 Å².